The SMILES string of the molecule is O=C1COC(=O)N1CC1CN(S(=O)(=O)c2ccccc2C(F)(F)F)C1. The Morgan fingerprint density at radius 1 is 1.16 bits per heavy atom. The third-order valence-electron chi connectivity index (χ3n) is 4.02. The molecule has 0 spiro atoms. The van der Waals surface area contributed by atoms with Crippen LogP contribution < -0.4 is 0 Å². The number of halogens is 3. The minimum absolute atomic E-state index is 0.0232. The van der Waals surface area contributed by atoms with E-state index in [4.69, 9.17) is 0 Å². The highest BCUT2D eigenvalue weighted by Gasteiger charge is 2.44. The van der Waals surface area contributed by atoms with Crippen LogP contribution in [0.4, 0.5) is 18.0 Å². The van der Waals surface area contributed by atoms with Crippen LogP contribution in [-0.4, -0.2) is 55.9 Å². The predicted molar refractivity (Wildman–Crippen MR) is 76.8 cm³/mol. The topological polar surface area (TPSA) is 84.0 Å². The van der Waals surface area contributed by atoms with Gasteiger partial charge in [-0.15, -0.1) is 0 Å². The summed E-state index contributed by atoms with van der Waals surface area (Å²) in [5.41, 5.74) is -1.23. The number of cyclic esters (lactones) is 1. The van der Waals surface area contributed by atoms with Crippen LogP contribution >= 0.6 is 0 Å². The van der Waals surface area contributed by atoms with Gasteiger partial charge in [-0.1, -0.05) is 12.1 Å². The Balaban J connectivity index is 1.72. The maximum atomic E-state index is 13.0. The van der Waals surface area contributed by atoms with Gasteiger partial charge in [-0.3, -0.25) is 4.79 Å². The van der Waals surface area contributed by atoms with E-state index in [0.717, 1.165) is 21.3 Å². The van der Waals surface area contributed by atoms with Gasteiger partial charge in [0, 0.05) is 25.6 Å². The zero-order valence-corrected chi connectivity index (χ0v) is 13.5. The van der Waals surface area contributed by atoms with Crippen molar-refractivity contribution >= 4 is 22.0 Å². The Morgan fingerprint density at radius 2 is 1.80 bits per heavy atom. The van der Waals surface area contributed by atoms with Crippen LogP contribution in [0.3, 0.4) is 0 Å². The van der Waals surface area contributed by atoms with Gasteiger partial charge in [0.1, 0.15) is 0 Å². The summed E-state index contributed by atoms with van der Waals surface area (Å²) in [4.78, 5) is 22.8. The van der Waals surface area contributed by atoms with Crippen molar-refractivity contribution in [2.45, 2.75) is 11.1 Å². The molecule has 0 aliphatic carbocycles. The molecule has 11 heteroatoms. The summed E-state index contributed by atoms with van der Waals surface area (Å²) in [6.07, 6.45) is -5.59. The van der Waals surface area contributed by atoms with Crippen LogP contribution in [0.5, 0.6) is 0 Å². The zero-order valence-electron chi connectivity index (χ0n) is 12.7. The average Bonchev–Trinajstić information content (AvgIpc) is 2.80. The van der Waals surface area contributed by atoms with Crippen LogP contribution in [0.15, 0.2) is 29.2 Å². The lowest BCUT2D eigenvalue weighted by Gasteiger charge is -2.39. The molecule has 0 bridgehead atoms. The number of sulfonamides is 1. The maximum Gasteiger partial charge on any atom is 0.417 e. The van der Waals surface area contributed by atoms with E-state index in [9.17, 15) is 31.2 Å². The van der Waals surface area contributed by atoms with Gasteiger partial charge in [0.2, 0.25) is 10.0 Å². The lowest BCUT2D eigenvalue weighted by molar-refractivity contribution is -0.140. The molecular weight excluding hydrogens is 365 g/mol. The molecule has 0 unspecified atom stereocenters. The molecule has 3 rings (SSSR count). The number of hydrogen-bond donors (Lipinski definition) is 0. The minimum atomic E-state index is -4.79. The third kappa shape index (κ3) is 3.21. The quantitative estimate of drug-likeness (QED) is 0.789. The number of hydrogen-bond acceptors (Lipinski definition) is 5. The first-order chi connectivity index (χ1) is 11.6. The Labute approximate surface area is 141 Å². The summed E-state index contributed by atoms with van der Waals surface area (Å²) in [6.45, 7) is -0.533. The van der Waals surface area contributed by atoms with Crippen molar-refractivity contribution in [3.05, 3.63) is 29.8 Å². The molecule has 2 heterocycles. The number of ether oxygens (including phenoxy) is 1. The Kier molecular flexibility index (Phi) is 4.23. The van der Waals surface area contributed by atoms with E-state index in [2.05, 4.69) is 4.74 Å². The molecule has 25 heavy (non-hydrogen) atoms. The third-order valence-corrected chi connectivity index (χ3v) is 5.91. The molecule has 1 aromatic rings. The van der Waals surface area contributed by atoms with E-state index < -0.39 is 38.7 Å². The van der Waals surface area contributed by atoms with Crippen molar-refractivity contribution in [3.8, 4) is 0 Å². The number of benzene rings is 1. The van der Waals surface area contributed by atoms with E-state index in [1.807, 2.05) is 0 Å². The van der Waals surface area contributed by atoms with Gasteiger partial charge in [0.15, 0.2) is 6.61 Å². The number of nitrogens with zero attached hydrogens (tertiary/aromatic N) is 2. The molecule has 2 saturated heterocycles. The number of alkyl halides is 3. The molecule has 0 saturated carbocycles. The zero-order chi connectivity index (χ0) is 18.4. The molecular formula is C14H13F3N2O5S. The van der Waals surface area contributed by atoms with Crippen molar-refractivity contribution in [2.75, 3.05) is 26.2 Å². The summed E-state index contributed by atoms with van der Waals surface area (Å²) in [6, 6.07) is 3.96. The average molecular weight is 378 g/mol. The van der Waals surface area contributed by atoms with Crippen molar-refractivity contribution in [2.24, 2.45) is 5.92 Å². The molecule has 0 radical (unpaired) electrons. The van der Waals surface area contributed by atoms with Crippen molar-refractivity contribution in [1.82, 2.24) is 9.21 Å². The van der Waals surface area contributed by atoms with E-state index >= 15 is 0 Å². The highest BCUT2D eigenvalue weighted by atomic mass is 32.2. The molecule has 0 atom stereocenters. The Bertz CT molecular complexity index is 802. The largest absolute Gasteiger partial charge is 0.439 e. The smallest absolute Gasteiger partial charge is 0.417 e. The molecule has 2 amide bonds. The second-order valence-electron chi connectivity index (χ2n) is 5.74. The Hall–Kier alpha value is -2.14. The molecule has 136 valence electrons. The number of carbonyl (C=O) groups is 2. The van der Waals surface area contributed by atoms with Crippen LogP contribution in [-0.2, 0) is 25.7 Å². The molecule has 2 fully saturated rings. The van der Waals surface area contributed by atoms with E-state index in [1.54, 1.807) is 0 Å². The summed E-state index contributed by atoms with van der Waals surface area (Å²) in [7, 11) is -4.32. The lowest BCUT2D eigenvalue weighted by atomic mass is 10.0. The fourth-order valence-corrected chi connectivity index (χ4v) is 4.52. The van der Waals surface area contributed by atoms with E-state index in [0.29, 0.717) is 6.07 Å². The van der Waals surface area contributed by atoms with Gasteiger partial charge in [0.25, 0.3) is 5.91 Å². The van der Waals surface area contributed by atoms with Crippen LogP contribution in [0.2, 0.25) is 0 Å². The lowest BCUT2D eigenvalue weighted by Crippen LogP contribution is -2.54. The fourth-order valence-electron chi connectivity index (χ4n) is 2.71. The first-order valence-electron chi connectivity index (χ1n) is 7.24. The number of imide groups is 1. The molecule has 1 aromatic carbocycles. The number of carbonyl (C=O) groups excluding carboxylic acids is 2. The number of amides is 2. The van der Waals surface area contributed by atoms with Gasteiger partial charge < -0.3 is 4.74 Å². The van der Waals surface area contributed by atoms with Gasteiger partial charge in [-0.25, -0.2) is 18.1 Å². The normalized spacial score (nSPS) is 19.9. The van der Waals surface area contributed by atoms with Gasteiger partial charge in [0.05, 0.1) is 10.5 Å². The highest BCUT2D eigenvalue weighted by Crippen LogP contribution is 2.36. The number of rotatable bonds is 4. The fraction of sp³-hybridized carbons (Fsp3) is 0.429. The van der Waals surface area contributed by atoms with Crippen molar-refractivity contribution < 1.29 is 35.9 Å². The molecule has 7 nitrogen and oxygen atoms in total. The van der Waals surface area contributed by atoms with Crippen LogP contribution in [0.1, 0.15) is 5.56 Å². The summed E-state index contributed by atoms with van der Waals surface area (Å²) in [5, 5.41) is 0. The molecule has 2 aliphatic heterocycles. The minimum Gasteiger partial charge on any atom is -0.439 e. The summed E-state index contributed by atoms with van der Waals surface area (Å²) in [5.74, 6) is -0.865. The molecule has 2 aliphatic rings. The van der Waals surface area contributed by atoms with Crippen LogP contribution in [0, 0.1) is 5.92 Å². The standard InChI is InChI=1S/C14H13F3N2O5S/c15-14(16,17)10-3-1-2-4-11(10)25(22,23)18-5-9(6-18)7-19-12(20)8-24-13(19)21/h1-4,9H,5-8H2. The van der Waals surface area contributed by atoms with E-state index in [1.165, 1.54) is 6.07 Å². The van der Waals surface area contributed by atoms with E-state index in [-0.39, 0.29) is 32.2 Å². The molecule has 0 N–H and O–H groups in total. The summed E-state index contributed by atoms with van der Waals surface area (Å²) < 4.78 is 69.4. The summed E-state index contributed by atoms with van der Waals surface area (Å²) >= 11 is 0. The van der Waals surface area contributed by atoms with Gasteiger partial charge >= 0.3 is 12.3 Å². The van der Waals surface area contributed by atoms with Crippen LogP contribution in [0.25, 0.3) is 0 Å². The Morgan fingerprint density at radius 3 is 2.36 bits per heavy atom. The molecule has 0 aromatic heterocycles. The van der Waals surface area contributed by atoms with Crippen molar-refractivity contribution in [1.29, 1.82) is 0 Å². The first kappa shape index (κ1) is 17.7. The van der Waals surface area contributed by atoms with Gasteiger partial charge in [-0.2, -0.15) is 17.5 Å². The first-order valence-corrected chi connectivity index (χ1v) is 8.68. The second-order valence-corrected chi connectivity index (χ2v) is 7.65. The highest BCUT2D eigenvalue weighted by molar-refractivity contribution is 7.89. The second kappa shape index (κ2) is 5.99. The monoisotopic (exact) mass is 378 g/mol. The predicted octanol–water partition coefficient (Wildman–Crippen LogP) is 1.30. The maximum absolute atomic E-state index is 13.0. The van der Waals surface area contributed by atoms with Crippen molar-refractivity contribution in [3.63, 3.8) is 0 Å². The van der Waals surface area contributed by atoms with Gasteiger partial charge in [-0.05, 0) is 12.1 Å².